The second-order valence-electron chi connectivity index (χ2n) is 8.29. The van der Waals surface area contributed by atoms with Crippen LogP contribution < -0.4 is 16.2 Å². The maximum Gasteiger partial charge on any atom is 0.280 e. The molecule has 1 aliphatic carbocycles. The van der Waals surface area contributed by atoms with E-state index in [9.17, 15) is 9.59 Å². The number of hydrogen-bond donors (Lipinski definition) is 3. The molecule has 0 aliphatic heterocycles. The highest BCUT2D eigenvalue weighted by atomic mass is 16.6. The van der Waals surface area contributed by atoms with E-state index in [4.69, 9.17) is 9.94 Å². The van der Waals surface area contributed by atoms with Gasteiger partial charge in [0.2, 0.25) is 11.4 Å². The summed E-state index contributed by atoms with van der Waals surface area (Å²) in [5, 5.41) is 12.7. The Bertz CT molecular complexity index is 1170. The summed E-state index contributed by atoms with van der Waals surface area (Å²) in [6, 6.07) is 7.96. The summed E-state index contributed by atoms with van der Waals surface area (Å²) in [4.78, 5) is 39.1. The van der Waals surface area contributed by atoms with Crippen LogP contribution >= 0.6 is 0 Å². The van der Waals surface area contributed by atoms with Crippen molar-refractivity contribution in [1.29, 1.82) is 0 Å². The molecule has 1 fully saturated rings. The molecular weight excluding hydrogens is 422 g/mol. The third-order valence-corrected chi connectivity index (χ3v) is 6.08. The molecule has 0 saturated heterocycles. The summed E-state index contributed by atoms with van der Waals surface area (Å²) < 4.78 is 1.96. The van der Waals surface area contributed by atoms with E-state index in [0.29, 0.717) is 23.5 Å². The van der Waals surface area contributed by atoms with Crippen LogP contribution in [0.15, 0.2) is 41.5 Å². The molecule has 9 nitrogen and oxygen atoms in total. The van der Waals surface area contributed by atoms with Crippen molar-refractivity contribution in [2.45, 2.75) is 51.2 Å². The molecule has 3 N–H and O–H groups in total. The van der Waals surface area contributed by atoms with Gasteiger partial charge in [0.25, 0.3) is 5.91 Å². The number of fused-ring (bicyclic) bond motifs is 1. The highest BCUT2D eigenvalue weighted by Gasteiger charge is 2.22. The second-order valence-corrected chi connectivity index (χ2v) is 8.29. The van der Waals surface area contributed by atoms with Gasteiger partial charge < -0.3 is 15.0 Å². The molecule has 3 aromatic rings. The van der Waals surface area contributed by atoms with Gasteiger partial charge in [-0.2, -0.15) is 4.98 Å². The van der Waals surface area contributed by atoms with E-state index in [1.807, 2.05) is 28.8 Å². The molecule has 0 bridgehead atoms. The van der Waals surface area contributed by atoms with Crippen molar-refractivity contribution >= 4 is 22.9 Å². The Morgan fingerprint density at radius 2 is 1.91 bits per heavy atom. The van der Waals surface area contributed by atoms with Gasteiger partial charge in [-0.1, -0.05) is 43.5 Å². The van der Waals surface area contributed by atoms with Gasteiger partial charge in [0.15, 0.2) is 0 Å². The predicted octanol–water partition coefficient (Wildman–Crippen LogP) is 2.73. The maximum absolute atomic E-state index is 13.0. The molecule has 33 heavy (non-hydrogen) atoms. The van der Waals surface area contributed by atoms with Crippen molar-refractivity contribution < 1.29 is 14.7 Å². The van der Waals surface area contributed by atoms with E-state index in [-0.39, 0.29) is 18.2 Å². The molecule has 0 spiro atoms. The molecule has 174 valence electrons. The fraction of sp³-hybridized carbons (Fsp3) is 0.417. The van der Waals surface area contributed by atoms with Gasteiger partial charge in [0, 0.05) is 25.0 Å². The van der Waals surface area contributed by atoms with Gasteiger partial charge in [-0.15, -0.1) is 0 Å². The van der Waals surface area contributed by atoms with E-state index in [1.54, 1.807) is 6.20 Å². The van der Waals surface area contributed by atoms with Crippen LogP contribution in [0.5, 0.6) is 0 Å². The lowest BCUT2D eigenvalue weighted by molar-refractivity contribution is 0.0535. The minimum Gasteiger partial charge on any atom is -0.392 e. The normalized spacial score (nSPS) is 14.4. The quantitative estimate of drug-likeness (QED) is 0.451. The summed E-state index contributed by atoms with van der Waals surface area (Å²) in [5.74, 6) is -0.143. The van der Waals surface area contributed by atoms with Crippen molar-refractivity contribution in [2.24, 2.45) is 0 Å². The molecule has 9 heteroatoms. The molecule has 0 radical (unpaired) electrons. The van der Waals surface area contributed by atoms with Crippen LogP contribution in [0.3, 0.4) is 0 Å². The van der Waals surface area contributed by atoms with Crippen LogP contribution in [0, 0.1) is 0 Å². The zero-order valence-corrected chi connectivity index (χ0v) is 18.7. The zero-order chi connectivity index (χ0) is 23.2. The Hall–Kier alpha value is -3.30. The predicted molar refractivity (Wildman–Crippen MR) is 125 cm³/mol. The van der Waals surface area contributed by atoms with Crippen LogP contribution in [-0.2, 0) is 17.9 Å². The third-order valence-electron chi connectivity index (χ3n) is 6.08. The van der Waals surface area contributed by atoms with Crippen molar-refractivity contribution in [3.8, 4) is 0 Å². The summed E-state index contributed by atoms with van der Waals surface area (Å²) >= 11 is 0. The summed E-state index contributed by atoms with van der Waals surface area (Å²) in [6.45, 7) is 0.646. The number of hydrogen-bond acceptors (Lipinski definition) is 7. The lowest BCUT2D eigenvalue weighted by atomic mass is 9.95. The lowest BCUT2D eigenvalue weighted by Gasteiger charge is -2.26. The second kappa shape index (κ2) is 10.5. The molecule has 2 heterocycles. The first-order chi connectivity index (χ1) is 16.1. The number of aromatic nitrogens is 3. The zero-order valence-electron chi connectivity index (χ0n) is 18.7. The summed E-state index contributed by atoms with van der Waals surface area (Å²) in [6.07, 6.45) is 9.19. The molecule has 0 unspecified atom stereocenters. The standard InChI is InChI=1S/C24H29N5O4/c1-33-28-23(32)20-14-29(18-5-3-2-4-6-18)22-19(21(20)31)13-26-24(27-22)25-12-11-16-7-9-17(15-30)10-8-16/h7-10,13-14,18,30H,2-6,11-12,15H2,1H3,(H,28,32)(H,25,26,27). The smallest absolute Gasteiger partial charge is 0.280 e. The van der Waals surface area contributed by atoms with Gasteiger partial charge >= 0.3 is 0 Å². The lowest BCUT2D eigenvalue weighted by Crippen LogP contribution is -2.30. The van der Waals surface area contributed by atoms with Crippen molar-refractivity contribution in [3.05, 3.63) is 63.6 Å². The topological polar surface area (TPSA) is 118 Å². The number of amides is 1. The number of carbonyl (C=O) groups is 1. The first-order valence-electron chi connectivity index (χ1n) is 11.3. The number of aliphatic hydroxyl groups excluding tert-OH is 1. The number of benzene rings is 1. The average Bonchev–Trinajstić information content (AvgIpc) is 2.85. The van der Waals surface area contributed by atoms with Gasteiger partial charge in [0.05, 0.1) is 19.1 Å². The summed E-state index contributed by atoms with van der Waals surface area (Å²) in [5.41, 5.74) is 4.39. The molecule has 4 rings (SSSR count). The number of anilines is 1. The third kappa shape index (κ3) is 5.20. The van der Waals surface area contributed by atoms with Gasteiger partial charge in [-0.3, -0.25) is 14.4 Å². The van der Waals surface area contributed by atoms with Crippen LogP contribution in [0.1, 0.15) is 59.6 Å². The number of nitrogens with zero attached hydrogens (tertiary/aromatic N) is 3. The number of carbonyl (C=O) groups excluding carboxylic acids is 1. The molecule has 1 amide bonds. The molecular formula is C24H29N5O4. The Morgan fingerprint density at radius 1 is 1.18 bits per heavy atom. The van der Waals surface area contributed by atoms with Gasteiger partial charge in [0.1, 0.15) is 11.2 Å². The number of pyridine rings is 1. The van der Waals surface area contributed by atoms with Crippen LogP contribution in [0.2, 0.25) is 0 Å². The minimum atomic E-state index is -0.580. The minimum absolute atomic E-state index is 0.0190. The largest absolute Gasteiger partial charge is 0.392 e. The highest BCUT2D eigenvalue weighted by molar-refractivity contribution is 5.96. The van der Waals surface area contributed by atoms with E-state index in [1.165, 1.54) is 19.7 Å². The fourth-order valence-electron chi connectivity index (χ4n) is 4.30. The van der Waals surface area contributed by atoms with E-state index in [2.05, 4.69) is 20.8 Å². The molecule has 0 atom stereocenters. The number of nitrogens with one attached hydrogen (secondary N) is 2. The molecule has 1 aromatic carbocycles. The number of hydroxylamine groups is 1. The van der Waals surface area contributed by atoms with Crippen molar-refractivity contribution in [1.82, 2.24) is 20.0 Å². The summed E-state index contributed by atoms with van der Waals surface area (Å²) in [7, 11) is 1.33. The highest BCUT2D eigenvalue weighted by Crippen LogP contribution is 2.30. The monoisotopic (exact) mass is 451 g/mol. The van der Waals surface area contributed by atoms with Crippen molar-refractivity contribution in [3.63, 3.8) is 0 Å². The van der Waals surface area contributed by atoms with E-state index >= 15 is 0 Å². The Balaban J connectivity index is 1.62. The van der Waals surface area contributed by atoms with Crippen LogP contribution in [0.25, 0.3) is 11.0 Å². The Labute approximate surface area is 191 Å². The molecule has 1 saturated carbocycles. The van der Waals surface area contributed by atoms with Crippen molar-refractivity contribution in [2.75, 3.05) is 19.0 Å². The maximum atomic E-state index is 13.0. The number of rotatable bonds is 8. The first kappa shape index (κ1) is 22.9. The van der Waals surface area contributed by atoms with Crippen LogP contribution in [0.4, 0.5) is 5.95 Å². The number of aliphatic hydroxyl groups is 1. The fourth-order valence-corrected chi connectivity index (χ4v) is 4.30. The first-order valence-corrected chi connectivity index (χ1v) is 11.3. The SMILES string of the molecule is CONC(=O)c1cn(C2CCCCC2)c2nc(NCCc3ccc(CO)cc3)ncc2c1=O. The molecule has 1 aliphatic rings. The van der Waals surface area contributed by atoms with Crippen LogP contribution in [-0.4, -0.2) is 39.2 Å². The van der Waals surface area contributed by atoms with E-state index < -0.39 is 11.3 Å². The Morgan fingerprint density at radius 3 is 2.61 bits per heavy atom. The average molecular weight is 452 g/mol. The van der Waals surface area contributed by atoms with Gasteiger partial charge in [-0.05, 0) is 30.4 Å². The molecule has 2 aromatic heterocycles. The van der Waals surface area contributed by atoms with Gasteiger partial charge in [-0.25, -0.2) is 10.5 Å². The Kier molecular flexibility index (Phi) is 7.31. The van der Waals surface area contributed by atoms with E-state index in [0.717, 1.165) is 43.2 Å².